The molecule has 1 aliphatic rings. The van der Waals surface area contributed by atoms with Crippen molar-refractivity contribution in [2.75, 3.05) is 7.11 Å². The van der Waals surface area contributed by atoms with Crippen LogP contribution in [0.3, 0.4) is 0 Å². The molecular formula is C25H24N2O4S. The first-order valence-corrected chi connectivity index (χ1v) is 11.0. The summed E-state index contributed by atoms with van der Waals surface area (Å²) in [6.45, 7) is 5.73. The molecule has 3 aromatic rings. The van der Waals surface area contributed by atoms with Crippen LogP contribution < -0.4 is 4.74 Å². The van der Waals surface area contributed by atoms with E-state index in [0.717, 1.165) is 21.7 Å². The number of rotatable bonds is 6. The maximum absolute atomic E-state index is 13.6. The number of amides is 1. The highest BCUT2D eigenvalue weighted by Crippen LogP contribution is 2.41. The van der Waals surface area contributed by atoms with Gasteiger partial charge in [-0.3, -0.25) is 9.59 Å². The van der Waals surface area contributed by atoms with Gasteiger partial charge in [0.2, 0.25) is 5.78 Å². The minimum absolute atomic E-state index is 0.0854. The monoisotopic (exact) mass is 448 g/mol. The summed E-state index contributed by atoms with van der Waals surface area (Å²) in [7, 11) is 1.57. The average Bonchev–Trinajstić information content (AvgIpc) is 3.24. The Bertz CT molecular complexity index is 1240. The third-order valence-electron chi connectivity index (χ3n) is 5.55. The van der Waals surface area contributed by atoms with Crippen molar-refractivity contribution in [3.8, 4) is 5.75 Å². The summed E-state index contributed by atoms with van der Waals surface area (Å²) >= 11 is 1.27. The van der Waals surface area contributed by atoms with Crippen molar-refractivity contribution in [1.82, 2.24) is 9.88 Å². The fourth-order valence-corrected chi connectivity index (χ4v) is 4.99. The van der Waals surface area contributed by atoms with Crippen molar-refractivity contribution in [3.63, 3.8) is 0 Å². The molecule has 6 nitrogen and oxygen atoms in total. The molecule has 1 N–H and O–H groups in total. The molecule has 0 aliphatic carbocycles. The second-order valence-corrected chi connectivity index (χ2v) is 9.00. The van der Waals surface area contributed by atoms with E-state index in [9.17, 15) is 14.7 Å². The van der Waals surface area contributed by atoms with Crippen molar-refractivity contribution in [1.29, 1.82) is 0 Å². The van der Waals surface area contributed by atoms with E-state index in [-0.39, 0.29) is 17.9 Å². The fraction of sp³-hybridized carbons (Fsp3) is 0.240. The van der Waals surface area contributed by atoms with Crippen LogP contribution in [0.5, 0.6) is 5.75 Å². The summed E-state index contributed by atoms with van der Waals surface area (Å²) < 4.78 is 5.45. The van der Waals surface area contributed by atoms with E-state index < -0.39 is 17.7 Å². The molecule has 7 heteroatoms. The van der Waals surface area contributed by atoms with Gasteiger partial charge >= 0.3 is 0 Å². The smallest absolute Gasteiger partial charge is 0.290 e. The number of aryl methyl sites for hydroxylation is 3. The van der Waals surface area contributed by atoms with Crippen molar-refractivity contribution in [2.24, 2.45) is 0 Å². The molecule has 0 saturated carbocycles. The van der Waals surface area contributed by atoms with Crippen LogP contribution in [0.1, 0.15) is 43.1 Å². The molecule has 2 heterocycles. The van der Waals surface area contributed by atoms with Gasteiger partial charge in [-0.2, -0.15) is 0 Å². The van der Waals surface area contributed by atoms with Crippen LogP contribution in [0.15, 0.2) is 59.9 Å². The minimum atomic E-state index is -0.721. The van der Waals surface area contributed by atoms with Gasteiger partial charge in [0.05, 0.1) is 40.8 Å². The number of benzene rings is 2. The molecule has 32 heavy (non-hydrogen) atoms. The van der Waals surface area contributed by atoms with Crippen LogP contribution >= 0.6 is 11.3 Å². The Hall–Kier alpha value is -3.45. The number of thiazole rings is 1. The molecule has 0 radical (unpaired) electrons. The Kier molecular flexibility index (Phi) is 5.84. The molecule has 0 bridgehead atoms. The van der Waals surface area contributed by atoms with Gasteiger partial charge in [0, 0.05) is 5.56 Å². The van der Waals surface area contributed by atoms with Crippen LogP contribution in [0.4, 0.5) is 0 Å². The van der Waals surface area contributed by atoms with E-state index in [1.165, 1.54) is 16.2 Å². The molecule has 0 saturated heterocycles. The lowest BCUT2D eigenvalue weighted by atomic mass is 9.94. The minimum Gasteiger partial charge on any atom is -0.503 e. The number of aliphatic hydroxyl groups excluding tert-OH is 1. The molecule has 0 spiro atoms. The first-order chi connectivity index (χ1) is 15.3. The molecule has 0 fully saturated rings. The zero-order valence-corrected chi connectivity index (χ0v) is 19.2. The Labute approximate surface area is 190 Å². The van der Waals surface area contributed by atoms with Gasteiger partial charge in [-0.25, -0.2) is 4.98 Å². The highest BCUT2D eigenvalue weighted by molar-refractivity contribution is 7.14. The Morgan fingerprint density at radius 1 is 1.16 bits per heavy atom. The molecule has 1 atom stereocenters. The highest BCUT2D eigenvalue weighted by Gasteiger charge is 2.44. The van der Waals surface area contributed by atoms with E-state index in [0.29, 0.717) is 16.3 Å². The normalized spacial score (nSPS) is 16.1. The molecule has 2 aromatic carbocycles. The number of para-hydroxylation sites is 1. The number of Topliss-reactive ketones (excluding diaryl/α,β-unsaturated/α-hetero) is 1. The van der Waals surface area contributed by atoms with E-state index in [1.807, 2.05) is 62.4 Å². The van der Waals surface area contributed by atoms with E-state index in [2.05, 4.69) is 4.98 Å². The van der Waals surface area contributed by atoms with Gasteiger partial charge < -0.3 is 14.7 Å². The number of hydrogen-bond donors (Lipinski definition) is 1. The Morgan fingerprint density at radius 2 is 1.91 bits per heavy atom. The Morgan fingerprint density at radius 3 is 2.56 bits per heavy atom. The third kappa shape index (κ3) is 3.80. The van der Waals surface area contributed by atoms with Crippen LogP contribution in [0, 0.1) is 20.8 Å². The van der Waals surface area contributed by atoms with Crippen molar-refractivity contribution >= 4 is 23.0 Å². The van der Waals surface area contributed by atoms with Crippen molar-refractivity contribution < 1.29 is 19.4 Å². The first-order valence-electron chi connectivity index (χ1n) is 10.2. The number of hydrogen-bond acceptors (Lipinski definition) is 6. The SMILES string of the molecule is COc1ccccc1CN1C(=O)C(O)=C(C(=O)c2sc(C)nc2C)C1c1cccc(C)c1. The highest BCUT2D eigenvalue weighted by atomic mass is 32.1. The molecular weight excluding hydrogens is 424 g/mol. The Balaban J connectivity index is 1.84. The van der Waals surface area contributed by atoms with E-state index in [1.54, 1.807) is 14.0 Å². The largest absolute Gasteiger partial charge is 0.503 e. The average molecular weight is 449 g/mol. The number of ketones is 1. The third-order valence-corrected chi connectivity index (χ3v) is 6.62. The number of nitrogens with zero attached hydrogens (tertiary/aromatic N) is 2. The first kappa shape index (κ1) is 21.8. The predicted octanol–water partition coefficient (Wildman–Crippen LogP) is 4.86. The number of aliphatic hydroxyl groups is 1. The summed E-state index contributed by atoms with van der Waals surface area (Å²) in [6.07, 6.45) is 0. The predicted molar refractivity (Wildman–Crippen MR) is 123 cm³/mol. The summed E-state index contributed by atoms with van der Waals surface area (Å²) in [4.78, 5) is 33.1. The van der Waals surface area contributed by atoms with Crippen LogP contribution in [-0.4, -0.2) is 33.8 Å². The lowest BCUT2D eigenvalue weighted by Gasteiger charge is -2.27. The fourth-order valence-electron chi connectivity index (χ4n) is 4.12. The van der Waals surface area contributed by atoms with Gasteiger partial charge in [-0.05, 0) is 32.4 Å². The quantitative estimate of drug-likeness (QED) is 0.545. The standard InChI is InChI=1S/C25H24N2O4S/c1-14-8-7-10-17(12-14)21-20(22(28)24-15(2)26-16(3)32-24)23(29)25(30)27(21)13-18-9-5-6-11-19(18)31-4/h5-12,21,29H,13H2,1-4H3. The molecule has 1 aromatic heterocycles. The molecule has 1 unspecified atom stereocenters. The second kappa shape index (κ2) is 8.59. The number of methoxy groups -OCH3 is 1. The van der Waals surface area contributed by atoms with Crippen molar-refractivity contribution in [3.05, 3.63) is 92.1 Å². The summed E-state index contributed by atoms with van der Waals surface area (Å²) in [5.74, 6) is -0.823. The molecule has 164 valence electrons. The summed E-state index contributed by atoms with van der Waals surface area (Å²) in [6, 6.07) is 14.3. The maximum atomic E-state index is 13.6. The molecule has 1 amide bonds. The molecule has 4 rings (SSSR count). The van der Waals surface area contributed by atoms with Gasteiger partial charge in [0.15, 0.2) is 5.76 Å². The number of carbonyl (C=O) groups excluding carboxylic acids is 2. The van der Waals surface area contributed by atoms with E-state index in [4.69, 9.17) is 4.74 Å². The zero-order valence-electron chi connectivity index (χ0n) is 18.4. The second-order valence-electron chi connectivity index (χ2n) is 7.80. The summed E-state index contributed by atoms with van der Waals surface area (Å²) in [5, 5.41) is 11.6. The zero-order chi connectivity index (χ0) is 23.0. The van der Waals surface area contributed by atoms with Crippen LogP contribution in [0.2, 0.25) is 0 Å². The van der Waals surface area contributed by atoms with Gasteiger partial charge in [-0.15, -0.1) is 11.3 Å². The molecule has 1 aliphatic heterocycles. The number of carbonyl (C=O) groups is 2. The van der Waals surface area contributed by atoms with Crippen molar-refractivity contribution in [2.45, 2.75) is 33.4 Å². The lowest BCUT2D eigenvalue weighted by Crippen LogP contribution is -2.31. The van der Waals surface area contributed by atoms with Gasteiger partial charge in [-0.1, -0.05) is 48.0 Å². The van der Waals surface area contributed by atoms with Gasteiger partial charge in [0.1, 0.15) is 5.75 Å². The lowest BCUT2D eigenvalue weighted by molar-refractivity contribution is -0.130. The number of aromatic nitrogens is 1. The van der Waals surface area contributed by atoms with Gasteiger partial charge in [0.25, 0.3) is 5.91 Å². The van der Waals surface area contributed by atoms with E-state index >= 15 is 0 Å². The maximum Gasteiger partial charge on any atom is 0.290 e. The van der Waals surface area contributed by atoms with Crippen LogP contribution in [-0.2, 0) is 11.3 Å². The topological polar surface area (TPSA) is 79.7 Å². The van der Waals surface area contributed by atoms with Crippen LogP contribution in [0.25, 0.3) is 0 Å². The summed E-state index contributed by atoms with van der Waals surface area (Å²) in [5.41, 5.74) is 3.22. The number of ether oxygens (including phenoxy) is 1.